The van der Waals surface area contributed by atoms with Crippen LogP contribution in [-0.2, 0) is 6.18 Å². The van der Waals surface area contributed by atoms with Crippen LogP contribution >= 0.6 is 0 Å². The highest BCUT2D eigenvalue weighted by atomic mass is 19.4. The van der Waals surface area contributed by atoms with E-state index in [9.17, 15) is 13.2 Å². The van der Waals surface area contributed by atoms with Gasteiger partial charge in [0.15, 0.2) is 0 Å². The van der Waals surface area contributed by atoms with Crippen LogP contribution in [0.1, 0.15) is 24.3 Å². The molecule has 1 heterocycles. The molecule has 0 amide bonds. The molecule has 1 N–H and O–H groups in total. The number of rotatable bonds is 2. The summed E-state index contributed by atoms with van der Waals surface area (Å²) in [4.78, 5) is 0. The van der Waals surface area contributed by atoms with Gasteiger partial charge < -0.3 is 9.73 Å². The van der Waals surface area contributed by atoms with E-state index in [-0.39, 0.29) is 11.6 Å². The minimum Gasteiger partial charge on any atom is -0.459 e. The number of fused-ring (bicyclic) bond motifs is 1. The van der Waals surface area contributed by atoms with Crippen LogP contribution in [0, 0.1) is 0 Å². The van der Waals surface area contributed by atoms with Crippen LogP contribution in [0.2, 0.25) is 0 Å². The Morgan fingerprint density at radius 1 is 1.29 bits per heavy atom. The maximum Gasteiger partial charge on any atom is 0.420 e. The Labute approximate surface area is 96.4 Å². The minimum atomic E-state index is -4.39. The average molecular weight is 243 g/mol. The molecule has 1 unspecified atom stereocenters. The second-order valence-corrected chi connectivity index (χ2v) is 3.88. The normalized spacial score (nSPS) is 14.2. The van der Waals surface area contributed by atoms with E-state index >= 15 is 0 Å². The molecule has 92 valence electrons. The zero-order valence-corrected chi connectivity index (χ0v) is 9.43. The van der Waals surface area contributed by atoms with E-state index in [1.807, 2.05) is 6.92 Å². The van der Waals surface area contributed by atoms with Crippen molar-refractivity contribution in [1.82, 2.24) is 5.32 Å². The number of hydrogen-bond donors (Lipinski definition) is 1. The Kier molecular flexibility index (Phi) is 2.87. The standard InChI is InChI=1S/C12H12F3NO/c1-7(16-2)10-6-8-4-3-5-9(11(8)17-10)12(13,14)15/h3-7,16H,1-2H3. The number of furan rings is 1. The quantitative estimate of drug-likeness (QED) is 0.869. The fourth-order valence-corrected chi connectivity index (χ4v) is 1.66. The van der Waals surface area contributed by atoms with E-state index in [0.29, 0.717) is 11.1 Å². The summed E-state index contributed by atoms with van der Waals surface area (Å²) in [5, 5.41) is 3.39. The van der Waals surface area contributed by atoms with Gasteiger partial charge in [-0.25, -0.2) is 0 Å². The summed E-state index contributed by atoms with van der Waals surface area (Å²) in [5.41, 5.74) is -0.832. The Bertz CT molecular complexity index is 530. The molecule has 1 atom stereocenters. The highest BCUT2D eigenvalue weighted by molar-refractivity contribution is 5.81. The Hall–Kier alpha value is -1.49. The third-order valence-corrected chi connectivity index (χ3v) is 2.73. The predicted octanol–water partition coefficient (Wildman–Crippen LogP) is 3.73. The van der Waals surface area contributed by atoms with Gasteiger partial charge in [-0.2, -0.15) is 13.2 Å². The molecule has 2 aromatic rings. The van der Waals surface area contributed by atoms with Crippen LogP contribution < -0.4 is 5.32 Å². The van der Waals surface area contributed by atoms with Gasteiger partial charge in [0.25, 0.3) is 0 Å². The van der Waals surface area contributed by atoms with E-state index in [4.69, 9.17) is 4.42 Å². The smallest absolute Gasteiger partial charge is 0.420 e. The van der Waals surface area contributed by atoms with Crippen molar-refractivity contribution in [1.29, 1.82) is 0 Å². The lowest BCUT2D eigenvalue weighted by Gasteiger charge is -2.07. The van der Waals surface area contributed by atoms with Crippen LogP contribution in [0.15, 0.2) is 28.7 Å². The van der Waals surface area contributed by atoms with Crippen LogP contribution in [0.4, 0.5) is 13.2 Å². The van der Waals surface area contributed by atoms with Crippen LogP contribution in [0.3, 0.4) is 0 Å². The van der Waals surface area contributed by atoms with Crippen molar-refractivity contribution in [3.8, 4) is 0 Å². The lowest BCUT2D eigenvalue weighted by atomic mass is 10.1. The Morgan fingerprint density at radius 3 is 2.59 bits per heavy atom. The minimum absolute atomic E-state index is 0.0999. The van der Waals surface area contributed by atoms with Gasteiger partial charge in [0.2, 0.25) is 0 Å². The number of benzene rings is 1. The molecule has 0 fully saturated rings. The molecule has 1 aromatic carbocycles. The highest BCUT2D eigenvalue weighted by Crippen LogP contribution is 2.36. The first-order chi connectivity index (χ1) is 7.93. The molecular formula is C12H12F3NO. The van der Waals surface area contributed by atoms with Crippen molar-refractivity contribution in [2.24, 2.45) is 0 Å². The molecule has 0 aliphatic heterocycles. The number of hydrogen-bond acceptors (Lipinski definition) is 2. The molecule has 5 heteroatoms. The molecule has 0 saturated heterocycles. The van der Waals surface area contributed by atoms with Gasteiger partial charge in [-0.05, 0) is 26.1 Å². The van der Waals surface area contributed by atoms with E-state index < -0.39 is 11.7 Å². The number of alkyl halides is 3. The molecule has 0 bridgehead atoms. The number of para-hydroxylation sites is 1. The van der Waals surface area contributed by atoms with Crippen LogP contribution in [0.25, 0.3) is 11.0 Å². The first-order valence-electron chi connectivity index (χ1n) is 5.20. The van der Waals surface area contributed by atoms with E-state index in [1.54, 1.807) is 19.2 Å². The van der Waals surface area contributed by atoms with E-state index in [0.717, 1.165) is 6.07 Å². The van der Waals surface area contributed by atoms with Gasteiger partial charge in [0.1, 0.15) is 11.3 Å². The Balaban J connectivity index is 2.61. The Morgan fingerprint density at radius 2 is 2.00 bits per heavy atom. The maximum absolute atomic E-state index is 12.7. The molecule has 0 aliphatic rings. The molecule has 1 aromatic heterocycles. The molecule has 0 spiro atoms. The van der Waals surface area contributed by atoms with Gasteiger partial charge >= 0.3 is 6.18 Å². The number of nitrogens with one attached hydrogen (secondary N) is 1. The van der Waals surface area contributed by atoms with E-state index in [2.05, 4.69) is 5.32 Å². The summed E-state index contributed by atoms with van der Waals surface area (Å²) in [6.45, 7) is 1.82. The summed E-state index contributed by atoms with van der Waals surface area (Å²) in [6, 6.07) is 5.53. The topological polar surface area (TPSA) is 25.2 Å². The summed E-state index contributed by atoms with van der Waals surface area (Å²) < 4.78 is 43.5. The molecule has 0 aliphatic carbocycles. The van der Waals surface area contributed by atoms with Crippen molar-refractivity contribution in [2.45, 2.75) is 19.1 Å². The zero-order chi connectivity index (χ0) is 12.6. The van der Waals surface area contributed by atoms with E-state index in [1.165, 1.54) is 6.07 Å². The van der Waals surface area contributed by atoms with Gasteiger partial charge in [-0.15, -0.1) is 0 Å². The summed E-state index contributed by atoms with van der Waals surface area (Å²) in [7, 11) is 1.72. The molecule has 17 heavy (non-hydrogen) atoms. The molecule has 0 radical (unpaired) electrons. The summed E-state index contributed by atoms with van der Waals surface area (Å²) in [5.74, 6) is 0.499. The third kappa shape index (κ3) is 2.15. The van der Waals surface area contributed by atoms with Crippen molar-refractivity contribution in [3.63, 3.8) is 0 Å². The molecular weight excluding hydrogens is 231 g/mol. The van der Waals surface area contributed by atoms with Gasteiger partial charge in [0, 0.05) is 5.39 Å². The largest absolute Gasteiger partial charge is 0.459 e. The van der Waals surface area contributed by atoms with Crippen molar-refractivity contribution < 1.29 is 17.6 Å². The van der Waals surface area contributed by atoms with Crippen molar-refractivity contribution in [2.75, 3.05) is 7.05 Å². The fraction of sp³-hybridized carbons (Fsp3) is 0.333. The van der Waals surface area contributed by atoms with Crippen LogP contribution in [-0.4, -0.2) is 7.05 Å². The zero-order valence-electron chi connectivity index (χ0n) is 9.43. The maximum atomic E-state index is 12.7. The van der Waals surface area contributed by atoms with Crippen molar-refractivity contribution >= 4 is 11.0 Å². The van der Waals surface area contributed by atoms with Gasteiger partial charge in [0.05, 0.1) is 11.6 Å². The molecule has 2 rings (SSSR count). The third-order valence-electron chi connectivity index (χ3n) is 2.73. The second kappa shape index (κ2) is 4.07. The highest BCUT2D eigenvalue weighted by Gasteiger charge is 2.34. The fourth-order valence-electron chi connectivity index (χ4n) is 1.66. The number of halogens is 3. The van der Waals surface area contributed by atoms with Crippen molar-refractivity contribution in [3.05, 3.63) is 35.6 Å². The summed E-state index contributed by atoms with van der Waals surface area (Å²) in [6.07, 6.45) is -4.39. The molecule has 2 nitrogen and oxygen atoms in total. The SMILES string of the molecule is CNC(C)c1cc2cccc(C(F)(F)F)c2o1. The lowest BCUT2D eigenvalue weighted by Crippen LogP contribution is -2.11. The molecule has 0 saturated carbocycles. The lowest BCUT2D eigenvalue weighted by molar-refractivity contribution is -0.136. The van der Waals surface area contributed by atoms with Gasteiger partial charge in [-0.1, -0.05) is 12.1 Å². The summed E-state index contributed by atoms with van der Waals surface area (Å²) >= 11 is 0. The van der Waals surface area contributed by atoms with Gasteiger partial charge in [-0.3, -0.25) is 0 Å². The monoisotopic (exact) mass is 243 g/mol. The first kappa shape index (κ1) is 12.0. The second-order valence-electron chi connectivity index (χ2n) is 3.88. The van der Waals surface area contributed by atoms with Crippen LogP contribution in [0.5, 0.6) is 0 Å². The predicted molar refractivity (Wildman–Crippen MR) is 58.7 cm³/mol. The average Bonchev–Trinajstić information content (AvgIpc) is 2.69. The first-order valence-corrected chi connectivity index (χ1v) is 5.20.